The maximum atomic E-state index is 6.11. The van der Waals surface area contributed by atoms with E-state index >= 15 is 0 Å². The molecule has 0 unspecified atom stereocenters. The minimum Gasteiger partial charge on any atom is -0.305 e. The first-order valence-corrected chi connectivity index (χ1v) is 9.02. The maximum absolute atomic E-state index is 6.11. The Labute approximate surface area is 150 Å². The molecule has 0 saturated carbocycles. The van der Waals surface area contributed by atoms with Gasteiger partial charge in [0.05, 0.1) is 0 Å². The average molecular weight is 344 g/mol. The summed E-state index contributed by atoms with van der Waals surface area (Å²) < 4.78 is 0. The number of nitrogens with one attached hydrogen (secondary N) is 1. The normalized spacial score (nSPS) is 17.8. The van der Waals surface area contributed by atoms with Gasteiger partial charge in [-0.25, -0.2) is 0 Å². The van der Waals surface area contributed by atoms with Gasteiger partial charge in [-0.1, -0.05) is 54.1 Å². The van der Waals surface area contributed by atoms with Crippen molar-refractivity contribution in [2.45, 2.75) is 12.6 Å². The number of halogens is 1. The Kier molecular flexibility index (Phi) is 6.27. The van der Waals surface area contributed by atoms with Crippen LogP contribution >= 0.6 is 11.6 Å². The molecule has 2 aromatic carbocycles. The molecule has 0 spiro atoms. The summed E-state index contributed by atoms with van der Waals surface area (Å²) in [6.45, 7) is 6.44. The second-order valence-electron chi connectivity index (χ2n) is 6.58. The van der Waals surface area contributed by atoms with E-state index < -0.39 is 0 Å². The molecule has 1 heterocycles. The number of piperazine rings is 1. The molecule has 24 heavy (non-hydrogen) atoms. The Morgan fingerprint density at radius 2 is 1.75 bits per heavy atom. The lowest BCUT2D eigenvalue weighted by Gasteiger charge is -2.35. The van der Waals surface area contributed by atoms with Gasteiger partial charge in [-0.15, -0.1) is 0 Å². The summed E-state index contributed by atoms with van der Waals surface area (Å²) in [6.07, 6.45) is 0. The van der Waals surface area contributed by atoms with E-state index in [0.29, 0.717) is 6.04 Å². The van der Waals surface area contributed by atoms with Crippen LogP contribution in [0.1, 0.15) is 17.2 Å². The van der Waals surface area contributed by atoms with E-state index in [4.69, 9.17) is 11.6 Å². The van der Waals surface area contributed by atoms with E-state index in [1.807, 2.05) is 18.2 Å². The van der Waals surface area contributed by atoms with Crippen molar-refractivity contribution in [3.8, 4) is 0 Å². The van der Waals surface area contributed by atoms with Crippen molar-refractivity contribution in [3.05, 3.63) is 70.7 Å². The lowest BCUT2D eigenvalue weighted by molar-refractivity contribution is 0.142. The number of hydrogen-bond donors (Lipinski definition) is 1. The van der Waals surface area contributed by atoms with Crippen molar-refractivity contribution in [1.29, 1.82) is 0 Å². The third kappa shape index (κ3) is 5.05. The fourth-order valence-electron chi connectivity index (χ4n) is 3.15. The molecule has 3 rings (SSSR count). The predicted octanol–water partition coefficient (Wildman–Crippen LogP) is 3.42. The van der Waals surface area contributed by atoms with Crippen molar-refractivity contribution in [2.75, 3.05) is 39.8 Å². The standard InChI is InChI=1S/C20H26ClN3/c1-23-10-12-24(13-11-23)16-20(18-7-3-2-4-8-18)22-15-17-6-5-9-19(21)14-17/h2-9,14,20,22H,10-13,15-16H2,1H3/t20-/m0/s1. The Balaban J connectivity index is 1.66. The first-order valence-electron chi connectivity index (χ1n) is 8.64. The number of rotatable bonds is 6. The van der Waals surface area contributed by atoms with Gasteiger partial charge in [0.15, 0.2) is 0 Å². The molecule has 128 valence electrons. The Morgan fingerprint density at radius 1 is 1.00 bits per heavy atom. The summed E-state index contributed by atoms with van der Waals surface area (Å²) in [5, 5.41) is 4.52. The topological polar surface area (TPSA) is 18.5 Å². The SMILES string of the molecule is CN1CCN(C[C@H](NCc2cccc(Cl)c2)c2ccccc2)CC1. The molecule has 0 radical (unpaired) electrons. The van der Waals surface area contributed by atoms with Crippen LogP contribution in [0.15, 0.2) is 54.6 Å². The van der Waals surface area contributed by atoms with E-state index in [1.54, 1.807) is 0 Å². The molecule has 1 aliphatic heterocycles. The molecule has 0 amide bonds. The molecule has 1 aliphatic rings. The number of hydrogen-bond acceptors (Lipinski definition) is 3. The van der Waals surface area contributed by atoms with Gasteiger partial charge in [0.1, 0.15) is 0 Å². The van der Waals surface area contributed by atoms with E-state index in [-0.39, 0.29) is 0 Å². The Hall–Kier alpha value is -1.39. The number of benzene rings is 2. The van der Waals surface area contributed by atoms with Gasteiger partial charge in [-0.3, -0.25) is 4.90 Å². The highest BCUT2D eigenvalue weighted by Crippen LogP contribution is 2.17. The molecule has 3 nitrogen and oxygen atoms in total. The van der Waals surface area contributed by atoms with Crippen LogP contribution in [0.2, 0.25) is 5.02 Å². The molecule has 0 aliphatic carbocycles. The first kappa shape index (κ1) is 17.4. The molecular formula is C20H26ClN3. The third-order valence-corrected chi connectivity index (χ3v) is 4.92. The average Bonchev–Trinajstić information content (AvgIpc) is 2.61. The van der Waals surface area contributed by atoms with E-state index in [2.05, 4.69) is 58.6 Å². The zero-order valence-corrected chi connectivity index (χ0v) is 15.0. The van der Waals surface area contributed by atoms with Crippen molar-refractivity contribution >= 4 is 11.6 Å². The second-order valence-corrected chi connectivity index (χ2v) is 7.01. The summed E-state index contributed by atoms with van der Waals surface area (Å²) >= 11 is 6.11. The van der Waals surface area contributed by atoms with Crippen molar-refractivity contribution < 1.29 is 0 Å². The van der Waals surface area contributed by atoms with Gasteiger partial charge in [-0.05, 0) is 30.3 Å². The minimum atomic E-state index is 0.327. The molecule has 1 saturated heterocycles. The summed E-state index contributed by atoms with van der Waals surface area (Å²) in [7, 11) is 2.20. The summed E-state index contributed by atoms with van der Waals surface area (Å²) in [5.74, 6) is 0. The van der Waals surface area contributed by atoms with Crippen molar-refractivity contribution in [2.24, 2.45) is 0 Å². The highest BCUT2D eigenvalue weighted by Gasteiger charge is 2.19. The highest BCUT2D eigenvalue weighted by molar-refractivity contribution is 6.30. The predicted molar refractivity (Wildman–Crippen MR) is 101 cm³/mol. The zero-order chi connectivity index (χ0) is 16.8. The van der Waals surface area contributed by atoms with E-state index in [9.17, 15) is 0 Å². The highest BCUT2D eigenvalue weighted by atomic mass is 35.5. The zero-order valence-electron chi connectivity index (χ0n) is 14.3. The van der Waals surface area contributed by atoms with Gasteiger partial charge >= 0.3 is 0 Å². The fraction of sp³-hybridized carbons (Fsp3) is 0.400. The van der Waals surface area contributed by atoms with Crippen LogP contribution in [0.3, 0.4) is 0 Å². The maximum Gasteiger partial charge on any atom is 0.0451 e. The quantitative estimate of drug-likeness (QED) is 0.867. The largest absolute Gasteiger partial charge is 0.305 e. The molecule has 0 bridgehead atoms. The van der Waals surface area contributed by atoms with Crippen LogP contribution in [0.4, 0.5) is 0 Å². The first-order chi connectivity index (χ1) is 11.7. The molecule has 1 fully saturated rings. The minimum absolute atomic E-state index is 0.327. The van der Waals surface area contributed by atoms with Gasteiger partial charge in [0.2, 0.25) is 0 Å². The molecule has 1 atom stereocenters. The molecular weight excluding hydrogens is 318 g/mol. The lowest BCUT2D eigenvalue weighted by Crippen LogP contribution is -2.47. The monoisotopic (exact) mass is 343 g/mol. The molecule has 0 aromatic heterocycles. The molecule has 2 aromatic rings. The lowest BCUT2D eigenvalue weighted by atomic mass is 10.1. The van der Waals surface area contributed by atoms with Crippen molar-refractivity contribution in [3.63, 3.8) is 0 Å². The van der Waals surface area contributed by atoms with Crippen LogP contribution in [-0.2, 0) is 6.54 Å². The molecule has 1 N–H and O–H groups in total. The van der Waals surface area contributed by atoms with Gasteiger partial charge in [0, 0.05) is 50.3 Å². The second kappa shape index (κ2) is 8.63. The van der Waals surface area contributed by atoms with Crippen LogP contribution < -0.4 is 5.32 Å². The number of nitrogens with zero attached hydrogens (tertiary/aromatic N) is 2. The number of likely N-dealkylation sites (N-methyl/N-ethyl adjacent to an activating group) is 1. The Morgan fingerprint density at radius 3 is 2.46 bits per heavy atom. The van der Waals surface area contributed by atoms with Crippen LogP contribution in [0, 0.1) is 0 Å². The van der Waals surface area contributed by atoms with Crippen molar-refractivity contribution in [1.82, 2.24) is 15.1 Å². The van der Waals surface area contributed by atoms with Gasteiger partial charge < -0.3 is 10.2 Å². The fourth-order valence-corrected chi connectivity index (χ4v) is 3.36. The third-order valence-electron chi connectivity index (χ3n) is 4.68. The summed E-state index contributed by atoms with van der Waals surface area (Å²) in [4.78, 5) is 4.95. The summed E-state index contributed by atoms with van der Waals surface area (Å²) in [6, 6.07) is 19.2. The van der Waals surface area contributed by atoms with E-state index in [1.165, 1.54) is 11.1 Å². The van der Waals surface area contributed by atoms with Gasteiger partial charge in [0.25, 0.3) is 0 Å². The van der Waals surface area contributed by atoms with Crippen LogP contribution in [0.5, 0.6) is 0 Å². The van der Waals surface area contributed by atoms with E-state index in [0.717, 1.165) is 44.3 Å². The van der Waals surface area contributed by atoms with Gasteiger partial charge in [-0.2, -0.15) is 0 Å². The van der Waals surface area contributed by atoms with Crippen LogP contribution in [0.25, 0.3) is 0 Å². The smallest absolute Gasteiger partial charge is 0.0451 e. The van der Waals surface area contributed by atoms with Crippen LogP contribution in [-0.4, -0.2) is 49.6 Å². The Bertz CT molecular complexity index is 624. The molecule has 4 heteroatoms. The summed E-state index contributed by atoms with van der Waals surface area (Å²) in [5.41, 5.74) is 2.57.